The van der Waals surface area contributed by atoms with Crippen molar-refractivity contribution in [2.45, 2.75) is 20.4 Å². The third-order valence-electron chi connectivity index (χ3n) is 3.50. The maximum atomic E-state index is 12.3. The van der Waals surface area contributed by atoms with E-state index in [0.29, 0.717) is 17.8 Å². The van der Waals surface area contributed by atoms with Gasteiger partial charge in [0, 0.05) is 30.1 Å². The zero-order valence-electron chi connectivity index (χ0n) is 11.0. The van der Waals surface area contributed by atoms with Crippen molar-refractivity contribution < 1.29 is 4.79 Å². The molecular weight excluding hydrogens is 244 g/mol. The molecule has 0 aromatic carbocycles. The standard InChI is InChI=1S/C13H14N4O2/c1-7-4-9(5-16(3)12(7)18)17-6-10-8(2)14-15-11(10)13(17)19/h4-5H,6H2,1-3H3,(H,14,15). The number of aromatic nitrogens is 3. The van der Waals surface area contributed by atoms with Crippen molar-refractivity contribution in [3.63, 3.8) is 0 Å². The van der Waals surface area contributed by atoms with Crippen molar-refractivity contribution >= 4 is 11.6 Å². The Balaban J connectivity index is 2.07. The molecule has 0 spiro atoms. The minimum Gasteiger partial charge on any atom is -0.316 e. The van der Waals surface area contributed by atoms with Gasteiger partial charge in [0.1, 0.15) is 0 Å². The molecule has 0 fully saturated rings. The van der Waals surface area contributed by atoms with Crippen LogP contribution >= 0.6 is 0 Å². The van der Waals surface area contributed by atoms with Gasteiger partial charge in [-0.25, -0.2) is 0 Å². The monoisotopic (exact) mass is 258 g/mol. The van der Waals surface area contributed by atoms with Crippen LogP contribution in [0.2, 0.25) is 0 Å². The van der Waals surface area contributed by atoms with E-state index in [4.69, 9.17) is 0 Å². The molecule has 0 saturated carbocycles. The van der Waals surface area contributed by atoms with E-state index in [-0.39, 0.29) is 11.5 Å². The van der Waals surface area contributed by atoms with E-state index in [1.165, 1.54) is 4.57 Å². The second-order valence-corrected chi connectivity index (χ2v) is 4.86. The summed E-state index contributed by atoms with van der Waals surface area (Å²) in [7, 11) is 1.68. The number of nitrogens with zero attached hydrogens (tertiary/aromatic N) is 3. The number of aromatic amines is 1. The number of nitrogens with one attached hydrogen (secondary N) is 1. The molecule has 6 nitrogen and oxygen atoms in total. The largest absolute Gasteiger partial charge is 0.316 e. The van der Waals surface area contributed by atoms with Gasteiger partial charge in [0.05, 0.1) is 12.2 Å². The fourth-order valence-corrected chi connectivity index (χ4v) is 2.39. The van der Waals surface area contributed by atoms with Crippen LogP contribution in [0.25, 0.3) is 0 Å². The van der Waals surface area contributed by atoms with Crippen molar-refractivity contribution in [1.82, 2.24) is 14.8 Å². The number of pyridine rings is 1. The quantitative estimate of drug-likeness (QED) is 0.825. The van der Waals surface area contributed by atoms with E-state index < -0.39 is 0 Å². The van der Waals surface area contributed by atoms with Crippen LogP contribution in [0.1, 0.15) is 27.3 Å². The molecule has 0 saturated heterocycles. The molecular formula is C13H14N4O2. The highest BCUT2D eigenvalue weighted by Gasteiger charge is 2.33. The number of H-pyrrole nitrogens is 1. The first-order valence-electron chi connectivity index (χ1n) is 6.02. The molecule has 1 aliphatic heterocycles. The Kier molecular flexibility index (Phi) is 2.35. The average Bonchev–Trinajstić information content (AvgIpc) is 2.88. The van der Waals surface area contributed by atoms with Gasteiger partial charge in [0.25, 0.3) is 11.5 Å². The number of amides is 1. The Morgan fingerprint density at radius 2 is 2.05 bits per heavy atom. The number of carbonyl (C=O) groups excluding carboxylic acids is 1. The molecule has 2 aromatic heterocycles. The number of hydrogen-bond donors (Lipinski definition) is 1. The summed E-state index contributed by atoms with van der Waals surface area (Å²) in [6.45, 7) is 4.14. The summed E-state index contributed by atoms with van der Waals surface area (Å²) in [6, 6.07) is 1.74. The van der Waals surface area contributed by atoms with Gasteiger partial charge in [-0.3, -0.25) is 14.7 Å². The SMILES string of the molecule is Cc1[nH]nc2c1CN(c1cc(C)c(=O)n(C)c1)C2=O. The van der Waals surface area contributed by atoms with Gasteiger partial charge in [0.15, 0.2) is 5.69 Å². The summed E-state index contributed by atoms with van der Waals surface area (Å²) in [5, 5.41) is 6.85. The lowest BCUT2D eigenvalue weighted by atomic mass is 10.2. The van der Waals surface area contributed by atoms with Gasteiger partial charge in [-0.05, 0) is 19.9 Å². The van der Waals surface area contributed by atoms with Gasteiger partial charge in [-0.2, -0.15) is 5.10 Å². The van der Waals surface area contributed by atoms with E-state index in [1.54, 1.807) is 31.1 Å². The highest BCUT2D eigenvalue weighted by atomic mass is 16.2. The maximum absolute atomic E-state index is 12.3. The molecule has 0 radical (unpaired) electrons. The van der Waals surface area contributed by atoms with Crippen LogP contribution < -0.4 is 10.5 Å². The molecule has 3 heterocycles. The third-order valence-corrected chi connectivity index (χ3v) is 3.50. The molecule has 0 bridgehead atoms. The van der Waals surface area contributed by atoms with Crippen molar-refractivity contribution in [2.75, 3.05) is 4.90 Å². The van der Waals surface area contributed by atoms with Crippen LogP contribution in [0.15, 0.2) is 17.1 Å². The fourth-order valence-electron chi connectivity index (χ4n) is 2.39. The molecule has 3 rings (SSSR count). The second kappa shape index (κ2) is 3.81. The zero-order chi connectivity index (χ0) is 13.7. The minimum atomic E-state index is -0.127. The molecule has 19 heavy (non-hydrogen) atoms. The van der Waals surface area contributed by atoms with Crippen LogP contribution in [0.5, 0.6) is 0 Å². The Morgan fingerprint density at radius 1 is 1.32 bits per heavy atom. The number of carbonyl (C=O) groups is 1. The zero-order valence-corrected chi connectivity index (χ0v) is 11.0. The molecule has 1 aliphatic rings. The van der Waals surface area contributed by atoms with Crippen LogP contribution in [-0.2, 0) is 13.6 Å². The van der Waals surface area contributed by atoms with Crippen LogP contribution in [0, 0.1) is 13.8 Å². The highest BCUT2D eigenvalue weighted by Crippen LogP contribution is 2.28. The van der Waals surface area contributed by atoms with E-state index in [0.717, 1.165) is 16.9 Å². The smallest absolute Gasteiger partial charge is 0.279 e. The Bertz CT molecular complexity index is 715. The van der Waals surface area contributed by atoms with Gasteiger partial charge < -0.3 is 9.47 Å². The molecule has 1 amide bonds. The average molecular weight is 258 g/mol. The fraction of sp³-hybridized carbons (Fsp3) is 0.308. The minimum absolute atomic E-state index is 0.0509. The van der Waals surface area contributed by atoms with E-state index >= 15 is 0 Å². The summed E-state index contributed by atoms with van der Waals surface area (Å²) in [6.07, 6.45) is 1.68. The normalized spacial score (nSPS) is 14.1. The summed E-state index contributed by atoms with van der Waals surface area (Å²) < 4.78 is 1.49. The molecule has 2 aromatic rings. The van der Waals surface area contributed by atoms with Crippen molar-refractivity contribution in [3.05, 3.63) is 45.1 Å². The van der Waals surface area contributed by atoms with Gasteiger partial charge in [-0.15, -0.1) is 0 Å². The number of rotatable bonds is 1. The number of fused-ring (bicyclic) bond motifs is 1. The lowest BCUT2D eigenvalue weighted by Crippen LogP contribution is -2.27. The predicted molar refractivity (Wildman–Crippen MR) is 70.3 cm³/mol. The highest BCUT2D eigenvalue weighted by molar-refractivity contribution is 6.08. The van der Waals surface area contributed by atoms with Gasteiger partial charge in [0.2, 0.25) is 0 Å². The molecule has 6 heteroatoms. The number of anilines is 1. The van der Waals surface area contributed by atoms with E-state index in [1.807, 2.05) is 6.92 Å². The first-order chi connectivity index (χ1) is 8.99. The van der Waals surface area contributed by atoms with Crippen molar-refractivity contribution in [1.29, 1.82) is 0 Å². The van der Waals surface area contributed by atoms with Crippen molar-refractivity contribution in [3.8, 4) is 0 Å². The molecule has 0 aliphatic carbocycles. The predicted octanol–water partition coefficient (Wildman–Crippen LogP) is 0.886. The maximum Gasteiger partial charge on any atom is 0.279 e. The third kappa shape index (κ3) is 1.60. The lowest BCUT2D eigenvalue weighted by Gasteiger charge is -2.17. The van der Waals surface area contributed by atoms with Crippen LogP contribution in [-0.4, -0.2) is 20.7 Å². The van der Waals surface area contributed by atoms with Gasteiger partial charge >= 0.3 is 0 Å². The summed E-state index contributed by atoms with van der Waals surface area (Å²) in [5.74, 6) is -0.127. The first-order valence-corrected chi connectivity index (χ1v) is 6.02. The molecule has 98 valence electrons. The first kappa shape index (κ1) is 11.7. The Morgan fingerprint density at radius 3 is 2.68 bits per heavy atom. The summed E-state index contributed by atoms with van der Waals surface area (Å²) >= 11 is 0. The lowest BCUT2D eigenvalue weighted by molar-refractivity contribution is 0.0991. The molecule has 0 unspecified atom stereocenters. The van der Waals surface area contributed by atoms with Crippen LogP contribution in [0.4, 0.5) is 5.69 Å². The number of hydrogen-bond acceptors (Lipinski definition) is 3. The van der Waals surface area contributed by atoms with E-state index in [9.17, 15) is 9.59 Å². The van der Waals surface area contributed by atoms with Crippen molar-refractivity contribution in [2.24, 2.45) is 7.05 Å². The van der Waals surface area contributed by atoms with Gasteiger partial charge in [-0.1, -0.05) is 0 Å². The summed E-state index contributed by atoms with van der Waals surface area (Å²) in [5.41, 5.74) is 3.61. The number of aryl methyl sites for hydroxylation is 3. The Labute approximate surface area is 109 Å². The Hall–Kier alpha value is -2.37. The van der Waals surface area contributed by atoms with E-state index in [2.05, 4.69) is 10.2 Å². The van der Waals surface area contributed by atoms with Crippen LogP contribution in [0.3, 0.4) is 0 Å². The molecule has 1 N–H and O–H groups in total. The second-order valence-electron chi connectivity index (χ2n) is 4.86. The summed E-state index contributed by atoms with van der Waals surface area (Å²) in [4.78, 5) is 25.6. The molecule has 0 atom stereocenters. The topological polar surface area (TPSA) is 71.0 Å².